The van der Waals surface area contributed by atoms with E-state index >= 15 is 0 Å². The Hall–Kier alpha value is -1.09. The van der Waals surface area contributed by atoms with Crippen LogP contribution < -0.4 is 5.32 Å². The van der Waals surface area contributed by atoms with Crippen LogP contribution in [0.1, 0.15) is 32.3 Å². The Morgan fingerprint density at radius 1 is 1.25 bits per heavy atom. The van der Waals surface area contributed by atoms with Gasteiger partial charge in [0.1, 0.15) is 5.82 Å². The summed E-state index contributed by atoms with van der Waals surface area (Å²) in [6.45, 7) is 6.19. The van der Waals surface area contributed by atoms with Gasteiger partial charge in [-0.15, -0.1) is 0 Å². The molecular weight excluding hydrogens is 205 g/mol. The second-order valence-electron chi connectivity index (χ2n) is 4.30. The van der Waals surface area contributed by atoms with Gasteiger partial charge < -0.3 is 10.4 Å². The molecule has 0 saturated heterocycles. The highest BCUT2D eigenvalue weighted by Gasteiger charge is 2.21. The Balaban J connectivity index is 2.67. The van der Waals surface area contributed by atoms with Crippen molar-refractivity contribution in [2.75, 3.05) is 11.9 Å². The molecule has 0 aliphatic heterocycles. The van der Waals surface area contributed by atoms with E-state index in [2.05, 4.69) is 5.32 Å². The minimum Gasteiger partial charge on any atom is -0.388 e. The quantitative estimate of drug-likeness (QED) is 0.807. The van der Waals surface area contributed by atoms with Gasteiger partial charge in [0.2, 0.25) is 0 Å². The fraction of sp³-hybridized carbons (Fsp3) is 0.538. The molecule has 0 bridgehead atoms. The lowest BCUT2D eigenvalue weighted by Crippen LogP contribution is -2.35. The number of anilines is 1. The summed E-state index contributed by atoms with van der Waals surface area (Å²) in [5, 5.41) is 13.2. The number of benzene rings is 1. The highest BCUT2D eigenvalue weighted by molar-refractivity contribution is 5.46. The SMILES string of the molecule is CCC(O)(CC)CNc1cc(C)cc(F)c1. The van der Waals surface area contributed by atoms with Crippen molar-refractivity contribution in [3.63, 3.8) is 0 Å². The molecule has 16 heavy (non-hydrogen) atoms. The highest BCUT2D eigenvalue weighted by atomic mass is 19.1. The molecule has 0 unspecified atom stereocenters. The molecule has 0 fully saturated rings. The smallest absolute Gasteiger partial charge is 0.125 e. The zero-order valence-electron chi connectivity index (χ0n) is 10.2. The van der Waals surface area contributed by atoms with Crippen LogP contribution in [0, 0.1) is 12.7 Å². The summed E-state index contributed by atoms with van der Waals surface area (Å²) in [6.07, 6.45) is 1.37. The van der Waals surface area contributed by atoms with Crippen molar-refractivity contribution in [2.45, 2.75) is 39.2 Å². The van der Waals surface area contributed by atoms with E-state index in [0.717, 1.165) is 11.3 Å². The van der Waals surface area contributed by atoms with Crippen LogP contribution in [0.4, 0.5) is 10.1 Å². The lowest BCUT2D eigenvalue weighted by atomic mass is 9.97. The minimum absolute atomic E-state index is 0.251. The maximum atomic E-state index is 13.1. The summed E-state index contributed by atoms with van der Waals surface area (Å²) < 4.78 is 13.1. The first-order chi connectivity index (χ1) is 7.49. The predicted octanol–water partition coefficient (Wildman–Crippen LogP) is 3.10. The molecule has 0 atom stereocenters. The minimum atomic E-state index is -0.708. The molecule has 0 spiro atoms. The maximum Gasteiger partial charge on any atom is 0.125 e. The number of halogens is 1. The summed E-state index contributed by atoms with van der Waals surface area (Å²) in [6, 6.07) is 4.80. The summed E-state index contributed by atoms with van der Waals surface area (Å²) >= 11 is 0. The van der Waals surface area contributed by atoms with E-state index in [1.54, 1.807) is 0 Å². The van der Waals surface area contributed by atoms with Gasteiger partial charge in [-0.2, -0.15) is 0 Å². The molecule has 90 valence electrons. The normalized spacial score (nSPS) is 11.6. The number of hydrogen-bond acceptors (Lipinski definition) is 2. The van der Waals surface area contributed by atoms with Crippen molar-refractivity contribution in [1.82, 2.24) is 0 Å². The number of rotatable bonds is 5. The molecule has 0 amide bonds. The first-order valence-corrected chi connectivity index (χ1v) is 5.72. The number of aliphatic hydroxyl groups is 1. The maximum absolute atomic E-state index is 13.1. The molecule has 0 saturated carbocycles. The second kappa shape index (κ2) is 5.30. The molecule has 1 aromatic rings. The Bertz CT molecular complexity index is 328. The number of nitrogens with one attached hydrogen (secondary N) is 1. The Morgan fingerprint density at radius 3 is 2.38 bits per heavy atom. The van der Waals surface area contributed by atoms with Gasteiger partial charge in [0, 0.05) is 12.2 Å². The van der Waals surface area contributed by atoms with Gasteiger partial charge in [-0.25, -0.2) is 4.39 Å². The lowest BCUT2D eigenvalue weighted by molar-refractivity contribution is 0.0457. The van der Waals surface area contributed by atoms with Crippen LogP contribution in [0.5, 0.6) is 0 Å². The molecule has 2 nitrogen and oxygen atoms in total. The standard InChI is InChI=1S/C13H20FNO/c1-4-13(16,5-2)9-15-12-7-10(3)6-11(14)8-12/h6-8,15-16H,4-5,9H2,1-3H3. The molecule has 0 aliphatic rings. The van der Waals surface area contributed by atoms with E-state index in [4.69, 9.17) is 0 Å². The molecule has 0 heterocycles. The summed E-state index contributed by atoms with van der Waals surface area (Å²) in [5.74, 6) is -0.251. The third-order valence-electron chi connectivity index (χ3n) is 2.98. The Morgan fingerprint density at radius 2 is 1.88 bits per heavy atom. The predicted molar refractivity (Wildman–Crippen MR) is 65.2 cm³/mol. The third-order valence-corrected chi connectivity index (χ3v) is 2.98. The van der Waals surface area contributed by atoms with Crippen LogP contribution in [0.3, 0.4) is 0 Å². The van der Waals surface area contributed by atoms with Crippen molar-refractivity contribution in [3.05, 3.63) is 29.6 Å². The Kier molecular flexibility index (Phi) is 4.30. The first kappa shape index (κ1) is 13.0. The van der Waals surface area contributed by atoms with Crippen molar-refractivity contribution in [2.24, 2.45) is 0 Å². The third kappa shape index (κ3) is 3.49. The second-order valence-corrected chi connectivity index (χ2v) is 4.30. The van der Waals surface area contributed by atoms with Crippen molar-refractivity contribution >= 4 is 5.69 Å². The molecule has 3 heteroatoms. The van der Waals surface area contributed by atoms with Crippen molar-refractivity contribution in [1.29, 1.82) is 0 Å². The lowest BCUT2D eigenvalue weighted by Gasteiger charge is -2.26. The average Bonchev–Trinajstić information content (AvgIpc) is 2.25. The van der Waals surface area contributed by atoms with E-state index < -0.39 is 5.60 Å². The van der Waals surface area contributed by atoms with E-state index in [1.807, 2.05) is 26.8 Å². The average molecular weight is 225 g/mol. The van der Waals surface area contributed by atoms with Gasteiger partial charge in [0.05, 0.1) is 5.60 Å². The molecule has 0 aromatic heterocycles. The molecule has 1 rings (SSSR count). The molecule has 2 N–H and O–H groups in total. The van der Waals surface area contributed by atoms with Crippen LogP contribution >= 0.6 is 0 Å². The largest absolute Gasteiger partial charge is 0.388 e. The van der Waals surface area contributed by atoms with Gasteiger partial charge in [-0.3, -0.25) is 0 Å². The fourth-order valence-corrected chi connectivity index (χ4v) is 1.60. The van der Waals surface area contributed by atoms with Crippen LogP contribution in [0.15, 0.2) is 18.2 Å². The topological polar surface area (TPSA) is 32.3 Å². The van der Waals surface area contributed by atoms with Crippen LogP contribution in [0.2, 0.25) is 0 Å². The molecular formula is C13H20FNO. The van der Waals surface area contributed by atoms with Gasteiger partial charge >= 0.3 is 0 Å². The van der Waals surface area contributed by atoms with Crippen molar-refractivity contribution in [3.8, 4) is 0 Å². The van der Waals surface area contributed by atoms with Crippen LogP contribution in [-0.4, -0.2) is 17.3 Å². The molecule has 1 aromatic carbocycles. The van der Waals surface area contributed by atoms with E-state index in [9.17, 15) is 9.50 Å². The fourth-order valence-electron chi connectivity index (χ4n) is 1.60. The molecule has 0 radical (unpaired) electrons. The van der Waals surface area contributed by atoms with Gasteiger partial charge in [-0.1, -0.05) is 13.8 Å². The summed E-state index contributed by atoms with van der Waals surface area (Å²) in [7, 11) is 0. The number of hydrogen-bond donors (Lipinski definition) is 2. The summed E-state index contributed by atoms with van der Waals surface area (Å²) in [5.41, 5.74) is 0.886. The van der Waals surface area contributed by atoms with Crippen molar-refractivity contribution < 1.29 is 9.50 Å². The van der Waals surface area contributed by atoms with E-state index in [0.29, 0.717) is 19.4 Å². The van der Waals surface area contributed by atoms with Gasteiger partial charge in [0.25, 0.3) is 0 Å². The van der Waals surface area contributed by atoms with E-state index in [-0.39, 0.29) is 5.82 Å². The first-order valence-electron chi connectivity index (χ1n) is 5.72. The Labute approximate surface area is 96.5 Å². The number of aryl methyl sites for hydroxylation is 1. The van der Waals surface area contributed by atoms with Gasteiger partial charge in [-0.05, 0) is 43.5 Å². The van der Waals surface area contributed by atoms with Crippen LogP contribution in [-0.2, 0) is 0 Å². The zero-order chi connectivity index (χ0) is 12.2. The zero-order valence-corrected chi connectivity index (χ0v) is 10.2. The van der Waals surface area contributed by atoms with E-state index in [1.165, 1.54) is 12.1 Å². The van der Waals surface area contributed by atoms with Gasteiger partial charge in [0.15, 0.2) is 0 Å². The van der Waals surface area contributed by atoms with Crippen LogP contribution in [0.25, 0.3) is 0 Å². The monoisotopic (exact) mass is 225 g/mol. The summed E-state index contributed by atoms with van der Waals surface area (Å²) in [4.78, 5) is 0. The highest BCUT2D eigenvalue weighted by Crippen LogP contribution is 2.18. The molecule has 0 aliphatic carbocycles.